The summed E-state index contributed by atoms with van der Waals surface area (Å²) in [7, 11) is 0. The highest BCUT2D eigenvalue weighted by Crippen LogP contribution is 2.18. The molecule has 0 aliphatic carbocycles. The Balaban J connectivity index is 1.96. The van der Waals surface area contributed by atoms with Crippen molar-refractivity contribution in [3.63, 3.8) is 0 Å². The predicted molar refractivity (Wildman–Crippen MR) is 69.4 cm³/mol. The minimum absolute atomic E-state index is 0.123. The number of hydrogen-bond donors (Lipinski definition) is 2. The molecule has 0 bridgehead atoms. The lowest BCUT2D eigenvalue weighted by molar-refractivity contribution is 0.0320. The molecule has 1 heterocycles. The Bertz CT molecular complexity index is 367. The Kier molecular flexibility index (Phi) is 4.15. The third kappa shape index (κ3) is 3.28. The van der Waals surface area contributed by atoms with E-state index in [-0.39, 0.29) is 6.10 Å². The molecule has 1 aromatic carbocycles. The van der Waals surface area contributed by atoms with Crippen LogP contribution in [-0.4, -0.2) is 29.2 Å². The summed E-state index contributed by atoms with van der Waals surface area (Å²) in [5.41, 5.74) is 8.15. The van der Waals surface area contributed by atoms with Gasteiger partial charge in [-0.25, -0.2) is 0 Å². The van der Waals surface area contributed by atoms with Crippen LogP contribution >= 0.6 is 0 Å². The average molecular weight is 234 g/mol. The van der Waals surface area contributed by atoms with Crippen molar-refractivity contribution in [3.05, 3.63) is 35.4 Å². The molecule has 3 nitrogen and oxygen atoms in total. The van der Waals surface area contributed by atoms with E-state index < -0.39 is 0 Å². The van der Waals surface area contributed by atoms with Gasteiger partial charge in [-0.15, -0.1) is 0 Å². The first kappa shape index (κ1) is 12.6. The van der Waals surface area contributed by atoms with Gasteiger partial charge in [0.05, 0.1) is 6.10 Å². The number of benzene rings is 1. The maximum absolute atomic E-state index is 9.70. The first-order chi connectivity index (χ1) is 8.19. The molecule has 94 valence electrons. The van der Waals surface area contributed by atoms with Crippen molar-refractivity contribution in [2.24, 2.45) is 11.7 Å². The Hall–Kier alpha value is -0.900. The molecule has 3 N–H and O–H groups in total. The number of nitrogens with two attached hydrogens (primary N) is 1. The SMILES string of the molecule is CC1CN(Cc2cccc(CN)c2)CCC1O. The van der Waals surface area contributed by atoms with Gasteiger partial charge in [-0.3, -0.25) is 4.90 Å². The third-order valence-corrected chi connectivity index (χ3v) is 3.58. The zero-order chi connectivity index (χ0) is 12.3. The van der Waals surface area contributed by atoms with E-state index in [9.17, 15) is 5.11 Å². The standard InChI is InChI=1S/C14H22N2O/c1-11-9-16(6-5-14(11)17)10-13-4-2-3-12(7-13)8-15/h2-4,7,11,14,17H,5-6,8-10,15H2,1H3. The minimum Gasteiger partial charge on any atom is -0.393 e. The van der Waals surface area contributed by atoms with E-state index in [0.29, 0.717) is 12.5 Å². The zero-order valence-corrected chi connectivity index (χ0v) is 10.5. The fourth-order valence-electron chi connectivity index (χ4n) is 2.48. The van der Waals surface area contributed by atoms with Crippen LogP contribution in [0.1, 0.15) is 24.5 Å². The first-order valence-corrected chi connectivity index (χ1v) is 6.37. The second-order valence-corrected chi connectivity index (χ2v) is 5.09. The molecule has 2 rings (SSSR count). The van der Waals surface area contributed by atoms with Crippen molar-refractivity contribution in [2.45, 2.75) is 32.5 Å². The summed E-state index contributed by atoms with van der Waals surface area (Å²) in [5.74, 6) is 0.376. The molecule has 0 saturated carbocycles. The fraction of sp³-hybridized carbons (Fsp3) is 0.571. The summed E-state index contributed by atoms with van der Waals surface area (Å²) >= 11 is 0. The van der Waals surface area contributed by atoms with Crippen molar-refractivity contribution in [1.29, 1.82) is 0 Å². The highest BCUT2D eigenvalue weighted by Gasteiger charge is 2.23. The molecule has 3 heteroatoms. The van der Waals surface area contributed by atoms with Gasteiger partial charge in [0, 0.05) is 26.2 Å². The van der Waals surface area contributed by atoms with E-state index in [0.717, 1.165) is 26.1 Å². The molecule has 17 heavy (non-hydrogen) atoms. The number of aliphatic hydroxyl groups excluding tert-OH is 1. The molecule has 1 fully saturated rings. The minimum atomic E-state index is -0.123. The van der Waals surface area contributed by atoms with Gasteiger partial charge in [-0.1, -0.05) is 31.2 Å². The van der Waals surface area contributed by atoms with Crippen molar-refractivity contribution >= 4 is 0 Å². The van der Waals surface area contributed by atoms with Crippen molar-refractivity contribution < 1.29 is 5.11 Å². The Morgan fingerprint density at radius 3 is 2.88 bits per heavy atom. The van der Waals surface area contributed by atoms with Gasteiger partial charge in [0.1, 0.15) is 0 Å². The van der Waals surface area contributed by atoms with E-state index in [1.807, 2.05) is 0 Å². The van der Waals surface area contributed by atoms with E-state index in [2.05, 4.69) is 36.1 Å². The summed E-state index contributed by atoms with van der Waals surface area (Å²) in [6, 6.07) is 8.45. The molecular formula is C14H22N2O. The smallest absolute Gasteiger partial charge is 0.0590 e. The maximum atomic E-state index is 9.70. The van der Waals surface area contributed by atoms with E-state index in [1.165, 1.54) is 11.1 Å². The third-order valence-electron chi connectivity index (χ3n) is 3.58. The number of aliphatic hydroxyl groups is 1. The quantitative estimate of drug-likeness (QED) is 0.830. The Morgan fingerprint density at radius 2 is 2.18 bits per heavy atom. The van der Waals surface area contributed by atoms with Gasteiger partial charge < -0.3 is 10.8 Å². The van der Waals surface area contributed by atoms with Crippen LogP contribution in [0.5, 0.6) is 0 Å². The molecule has 1 aromatic rings. The second kappa shape index (κ2) is 5.63. The van der Waals surface area contributed by atoms with Crippen LogP contribution in [0.4, 0.5) is 0 Å². The molecule has 1 saturated heterocycles. The lowest BCUT2D eigenvalue weighted by Gasteiger charge is -2.34. The lowest BCUT2D eigenvalue weighted by Crippen LogP contribution is -2.41. The van der Waals surface area contributed by atoms with Gasteiger partial charge in [0.25, 0.3) is 0 Å². The van der Waals surface area contributed by atoms with Crippen molar-refractivity contribution in [1.82, 2.24) is 4.90 Å². The molecule has 0 radical (unpaired) electrons. The van der Waals surface area contributed by atoms with E-state index in [4.69, 9.17) is 5.73 Å². The van der Waals surface area contributed by atoms with Crippen LogP contribution in [-0.2, 0) is 13.1 Å². The topological polar surface area (TPSA) is 49.5 Å². The largest absolute Gasteiger partial charge is 0.393 e. The van der Waals surface area contributed by atoms with Gasteiger partial charge in [-0.05, 0) is 23.5 Å². The maximum Gasteiger partial charge on any atom is 0.0590 e. The average Bonchev–Trinajstić information content (AvgIpc) is 2.34. The summed E-state index contributed by atoms with van der Waals surface area (Å²) in [6.07, 6.45) is 0.763. The fourth-order valence-corrected chi connectivity index (χ4v) is 2.48. The molecule has 2 atom stereocenters. The van der Waals surface area contributed by atoms with Crippen LogP contribution in [0.2, 0.25) is 0 Å². The van der Waals surface area contributed by atoms with Crippen LogP contribution in [0.25, 0.3) is 0 Å². The molecule has 1 aliphatic heterocycles. The van der Waals surface area contributed by atoms with Crippen LogP contribution < -0.4 is 5.73 Å². The van der Waals surface area contributed by atoms with Gasteiger partial charge >= 0.3 is 0 Å². The van der Waals surface area contributed by atoms with E-state index >= 15 is 0 Å². The Morgan fingerprint density at radius 1 is 1.41 bits per heavy atom. The molecule has 0 aromatic heterocycles. The van der Waals surface area contributed by atoms with Gasteiger partial charge in [-0.2, -0.15) is 0 Å². The summed E-state index contributed by atoms with van der Waals surface area (Å²) < 4.78 is 0. The number of likely N-dealkylation sites (tertiary alicyclic amines) is 1. The molecule has 0 spiro atoms. The highest BCUT2D eigenvalue weighted by molar-refractivity contribution is 5.23. The van der Waals surface area contributed by atoms with Crippen LogP contribution in [0.15, 0.2) is 24.3 Å². The van der Waals surface area contributed by atoms with Crippen LogP contribution in [0, 0.1) is 5.92 Å². The number of piperidine rings is 1. The van der Waals surface area contributed by atoms with Gasteiger partial charge in [0.2, 0.25) is 0 Å². The highest BCUT2D eigenvalue weighted by atomic mass is 16.3. The second-order valence-electron chi connectivity index (χ2n) is 5.09. The number of rotatable bonds is 3. The monoisotopic (exact) mass is 234 g/mol. The van der Waals surface area contributed by atoms with Crippen molar-refractivity contribution in [3.8, 4) is 0 Å². The zero-order valence-electron chi connectivity index (χ0n) is 10.5. The lowest BCUT2D eigenvalue weighted by atomic mass is 9.96. The first-order valence-electron chi connectivity index (χ1n) is 6.37. The van der Waals surface area contributed by atoms with Crippen LogP contribution in [0.3, 0.4) is 0 Å². The molecule has 1 aliphatic rings. The van der Waals surface area contributed by atoms with Gasteiger partial charge in [0.15, 0.2) is 0 Å². The summed E-state index contributed by atoms with van der Waals surface area (Å²) in [4.78, 5) is 2.41. The predicted octanol–water partition coefficient (Wildman–Crippen LogP) is 1.35. The van der Waals surface area contributed by atoms with E-state index in [1.54, 1.807) is 0 Å². The summed E-state index contributed by atoms with van der Waals surface area (Å²) in [6.45, 7) is 5.65. The summed E-state index contributed by atoms with van der Waals surface area (Å²) in [5, 5.41) is 9.70. The van der Waals surface area contributed by atoms with Crippen molar-refractivity contribution in [2.75, 3.05) is 13.1 Å². The number of nitrogens with zero attached hydrogens (tertiary/aromatic N) is 1. The molecule has 2 unspecified atom stereocenters. The number of hydrogen-bond acceptors (Lipinski definition) is 3. The molecular weight excluding hydrogens is 212 g/mol. The normalized spacial score (nSPS) is 26.1. The molecule has 0 amide bonds. The Labute approximate surface area is 103 Å².